The molecule has 0 aliphatic rings. The molecular formula is C2H4N2O4. The van der Waals surface area contributed by atoms with E-state index in [0.29, 0.717) is 0 Å². The monoisotopic (exact) mass is 120 g/mol. The Hall–Kier alpha value is -1.33. The molecule has 0 fully saturated rings. The zero-order valence-electron chi connectivity index (χ0n) is 4.07. The molecule has 0 atom stereocenters. The molecule has 8 heavy (non-hydrogen) atoms. The van der Waals surface area contributed by atoms with Crippen LogP contribution in [0.2, 0.25) is 0 Å². The average molecular weight is 120 g/mol. The van der Waals surface area contributed by atoms with Crippen molar-refractivity contribution in [1.82, 2.24) is 0 Å². The molecule has 0 heterocycles. The standard InChI is InChI=1S/C2H4N2O4/c1-2(3-5)8-4(6)7/h5H,1H3. The first kappa shape index (κ1) is 6.67. The molecule has 0 amide bonds. The van der Waals surface area contributed by atoms with Gasteiger partial charge in [0.2, 0.25) is 5.90 Å². The minimum Gasteiger partial charge on any atom is -0.409 e. The van der Waals surface area contributed by atoms with E-state index in [1.54, 1.807) is 0 Å². The molecule has 0 aliphatic heterocycles. The van der Waals surface area contributed by atoms with Gasteiger partial charge in [-0.1, -0.05) is 5.16 Å². The summed E-state index contributed by atoms with van der Waals surface area (Å²) >= 11 is 0. The quantitative estimate of drug-likeness (QED) is 0.173. The van der Waals surface area contributed by atoms with Gasteiger partial charge in [0.1, 0.15) is 0 Å². The van der Waals surface area contributed by atoms with Crippen LogP contribution in [0, 0.1) is 10.1 Å². The van der Waals surface area contributed by atoms with Crippen molar-refractivity contribution in [2.75, 3.05) is 0 Å². The van der Waals surface area contributed by atoms with Crippen molar-refractivity contribution in [3.8, 4) is 0 Å². The lowest BCUT2D eigenvalue weighted by molar-refractivity contribution is -0.724. The van der Waals surface area contributed by atoms with Gasteiger partial charge in [-0.15, -0.1) is 10.1 Å². The lowest BCUT2D eigenvalue weighted by atomic mass is 10.8. The summed E-state index contributed by atoms with van der Waals surface area (Å²) < 4.78 is 0. The molecule has 46 valence electrons. The van der Waals surface area contributed by atoms with Gasteiger partial charge in [0.25, 0.3) is 0 Å². The lowest BCUT2D eigenvalue weighted by Crippen LogP contribution is -2.05. The zero-order valence-corrected chi connectivity index (χ0v) is 4.07. The molecule has 0 radical (unpaired) electrons. The maximum Gasteiger partial charge on any atom is 0.301 e. The average Bonchev–Trinajstić information content (AvgIpc) is 1.65. The van der Waals surface area contributed by atoms with E-state index in [-0.39, 0.29) is 0 Å². The van der Waals surface area contributed by atoms with Crippen molar-refractivity contribution in [2.24, 2.45) is 5.16 Å². The van der Waals surface area contributed by atoms with Crippen molar-refractivity contribution < 1.29 is 15.1 Å². The van der Waals surface area contributed by atoms with Crippen molar-refractivity contribution in [3.05, 3.63) is 10.1 Å². The van der Waals surface area contributed by atoms with Crippen molar-refractivity contribution in [2.45, 2.75) is 6.92 Å². The van der Waals surface area contributed by atoms with Crippen LogP contribution in [-0.4, -0.2) is 16.2 Å². The third-order valence-electron chi connectivity index (χ3n) is 0.347. The first-order chi connectivity index (χ1) is 3.66. The Morgan fingerprint density at radius 2 is 2.50 bits per heavy atom. The molecule has 0 aliphatic carbocycles. The summed E-state index contributed by atoms with van der Waals surface area (Å²) in [6, 6.07) is 0. The fraction of sp³-hybridized carbons (Fsp3) is 0.500. The van der Waals surface area contributed by atoms with Gasteiger partial charge in [-0.2, -0.15) is 0 Å². The lowest BCUT2D eigenvalue weighted by Gasteiger charge is -1.88. The van der Waals surface area contributed by atoms with Gasteiger partial charge >= 0.3 is 5.09 Å². The van der Waals surface area contributed by atoms with Crippen LogP contribution in [0.4, 0.5) is 0 Å². The summed E-state index contributed by atoms with van der Waals surface area (Å²) in [5.41, 5.74) is 0. The van der Waals surface area contributed by atoms with Crippen LogP contribution in [0.3, 0.4) is 0 Å². The van der Waals surface area contributed by atoms with Gasteiger partial charge in [0, 0.05) is 6.92 Å². The molecule has 0 unspecified atom stereocenters. The predicted octanol–water partition coefficient (Wildman–Crippen LogP) is 0.00230. The summed E-state index contributed by atoms with van der Waals surface area (Å²) in [5.74, 6) is -0.394. The number of rotatable bonds is 1. The molecule has 6 heteroatoms. The summed E-state index contributed by atoms with van der Waals surface area (Å²) in [4.78, 5) is 13.0. The Bertz CT molecular complexity index is 119. The largest absolute Gasteiger partial charge is 0.409 e. The van der Waals surface area contributed by atoms with E-state index in [4.69, 9.17) is 5.21 Å². The fourth-order valence-corrected chi connectivity index (χ4v) is 0.126. The van der Waals surface area contributed by atoms with Crippen LogP contribution in [0.15, 0.2) is 5.16 Å². The predicted molar refractivity (Wildman–Crippen MR) is 23.0 cm³/mol. The Balaban J connectivity index is 3.56. The second-order valence-electron chi connectivity index (χ2n) is 0.934. The highest BCUT2D eigenvalue weighted by Crippen LogP contribution is 1.77. The Morgan fingerprint density at radius 1 is 2.00 bits per heavy atom. The van der Waals surface area contributed by atoms with Crippen molar-refractivity contribution >= 4 is 5.90 Å². The third-order valence-corrected chi connectivity index (χ3v) is 0.347. The molecule has 0 aromatic rings. The van der Waals surface area contributed by atoms with E-state index in [9.17, 15) is 10.1 Å². The van der Waals surface area contributed by atoms with E-state index in [1.807, 2.05) is 0 Å². The van der Waals surface area contributed by atoms with Crippen LogP contribution in [0.1, 0.15) is 6.92 Å². The minimum absolute atomic E-state index is 0.394. The van der Waals surface area contributed by atoms with Gasteiger partial charge in [-0.25, -0.2) is 0 Å². The van der Waals surface area contributed by atoms with E-state index in [1.165, 1.54) is 0 Å². The van der Waals surface area contributed by atoms with Gasteiger partial charge in [0.05, 0.1) is 0 Å². The van der Waals surface area contributed by atoms with E-state index < -0.39 is 11.0 Å². The zero-order chi connectivity index (χ0) is 6.57. The smallest absolute Gasteiger partial charge is 0.301 e. The number of hydrogen-bond acceptors (Lipinski definition) is 5. The molecule has 0 saturated carbocycles. The maximum absolute atomic E-state index is 9.36. The highest BCUT2D eigenvalue weighted by Gasteiger charge is 1.95. The summed E-state index contributed by atoms with van der Waals surface area (Å²) in [6.45, 7) is 1.16. The molecule has 0 aromatic carbocycles. The van der Waals surface area contributed by atoms with Crippen molar-refractivity contribution in [3.63, 3.8) is 0 Å². The topological polar surface area (TPSA) is 85.0 Å². The molecule has 0 bridgehead atoms. The fourth-order valence-electron chi connectivity index (χ4n) is 0.126. The normalized spacial score (nSPS) is 10.9. The van der Waals surface area contributed by atoms with Crippen LogP contribution in [0.5, 0.6) is 0 Å². The van der Waals surface area contributed by atoms with E-state index >= 15 is 0 Å². The van der Waals surface area contributed by atoms with Crippen LogP contribution in [-0.2, 0) is 4.84 Å². The molecular weight excluding hydrogens is 116 g/mol. The summed E-state index contributed by atoms with van der Waals surface area (Å²) in [6.07, 6.45) is 0. The Labute approximate surface area is 44.5 Å². The van der Waals surface area contributed by atoms with Gasteiger partial charge in [-0.3, -0.25) is 4.84 Å². The maximum atomic E-state index is 9.36. The highest BCUT2D eigenvalue weighted by atomic mass is 17.0. The van der Waals surface area contributed by atoms with E-state index in [2.05, 4.69) is 9.99 Å². The molecule has 0 spiro atoms. The Morgan fingerprint density at radius 3 is 2.62 bits per heavy atom. The Kier molecular flexibility index (Phi) is 2.32. The minimum atomic E-state index is -1.06. The number of oxime groups is 1. The molecule has 0 aromatic heterocycles. The third kappa shape index (κ3) is 2.88. The number of nitrogens with zero attached hydrogens (tertiary/aromatic N) is 2. The second kappa shape index (κ2) is 2.78. The highest BCUT2D eigenvalue weighted by molar-refractivity contribution is 5.71. The first-order valence-electron chi connectivity index (χ1n) is 1.68. The molecule has 0 rings (SSSR count). The van der Waals surface area contributed by atoms with E-state index in [0.717, 1.165) is 6.92 Å². The molecule has 6 nitrogen and oxygen atoms in total. The van der Waals surface area contributed by atoms with Crippen LogP contribution < -0.4 is 0 Å². The van der Waals surface area contributed by atoms with Crippen LogP contribution >= 0.6 is 0 Å². The van der Waals surface area contributed by atoms with Gasteiger partial charge in [0.15, 0.2) is 0 Å². The number of hydrogen-bond donors (Lipinski definition) is 1. The van der Waals surface area contributed by atoms with Gasteiger partial charge in [-0.05, 0) is 0 Å². The van der Waals surface area contributed by atoms with Gasteiger partial charge < -0.3 is 5.21 Å². The summed E-state index contributed by atoms with van der Waals surface area (Å²) in [7, 11) is 0. The summed E-state index contributed by atoms with van der Waals surface area (Å²) in [5, 5.41) is 18.4. The molecule has 0 saturated heterocycles. The SMILES string of the molecule is CC(=NO)O[N+](=O)[O-]. The second-order valence-corrected chi connectivity index (χ2v) is 0.934. The van der Waals surface area contributed by atoms with Crippen LogP contribution in [0.25, 0.3) is 0 Å². The van der Waals surface area contributed by atoms with Crippen molar-refractivity contribution in [1.29, 1.82) is 0 Å². The first-order valence-corrected chi connectivity index (χ1v) is 1.68. The molecule has 1 N–H and O–H groups in total.